The summed E-state index contributed by atoms with van der Waals surface area (Å²) in [5, 5.41) is 12.6. The fraction of sp³-hybridized carbons (Fsp3) is 0.409. The Labute approximate surface area is 170 Å². The van der Waals surface area contributed by atoms with Crippen LogP contribution < -0.4 is 9.64 Å². The van der Waals surface area contributed by atoms with Gasteiger partial charge in [-0.1, -0.05) is 19.1 Å². The third-order valence-corrected chi connectivity index (χ3v) is 5.84. The third-order valence-electron chi connectivity index (χ3n) is 5.84. The van der Waals surface area contributed by atoms with Gasteiger partial charge in [0.05, 0.1) is 26.7 Å². The van der Waals surface area contributed by atoms with Crippen LogP contribution in [0.3, 0.4) is 0 Å². The maximum absolute atomic E-state index is 13.3. The summed E-state index contributed by atoms with van der Waals surface area (Å²) in [6.07, 6.45) is 2.39. The molecule has 0 amide bonds. The lowest BCUT2D eigenvalue weighted by atomic mass is 9.95. The van der Waals surface area contributed by atoms with E-state index < -0.39 is 0 Å². The number of piperidine rings is 1. The molecule has 0 saturated carbocycles. The highest BCUT2D eigenvalue weighted by molar-refractivity contribution is 5.30. The number of nitrogens with zero attached hydrogens (tertiary/aromatic N) is 4. The highest BCUT2D eigenvalue weighted by Crippen LogP contribution is 2.22. The van der Waals surface area contributed by atoms with Crippen LogP contribution in [0.1, 0.15) is 42.8 Å². The molecule has 1 atom stereocenters. The molecule has 0 spiro atoms. The molecule has 1 fully saturated rings. The lowest BCUT2D eigenvalue weighted by Crippen LogP contribution is -3.13. The number of quaternary nitrogens is 1. The molecule has 0 unspecified atom stereocenters. The molecule has 1 N–H and O–H groups in total. The highest BCUT2D eigenvalue weighted by Gasteiger charge is 2.34. The van der Waals surface area contributed by atoms with E-state index in [0.717, 1.165) is 36.1 Å². The van der Waals surface area contributed by atoms with Gasteiger partial charge >= 0.3 is 0 Å². The van der Waals surface area contributed by atoms with Gasteiger partial charge in [0.15, 0.2) is 6.04 Å². The lowest BCUT2D eigenvalue weighted by molar-refractivity contribution is -0.932. The van der Waals surface area contributed by atoms with E-state index in [9.17, 15) is 4.39 Å². The average Bonchev–Trinajstić information content (AvgIpc) is 3.19. The van der Waals surface area contributed by atoms with Gasteiger partial charge < -0.3 is 9.64 Å². The smallest absolute Gasteiger partial charge is 0.214 e. The fourth-order valence-electron chi connectivity index (χ4n) is 4.08. The van der Waals surface area contributed by atoms with E-state index >= 15 is 0 Å². The van der Waals surface area contributed by atoms with Crippen LogP contribution in [0.4, 0.5) is 4.39 Å². The maximum atomic E-state index is 13.3. The van der Waals surface area contributed by atoms with Crippen molar-refractivity contribution >= 4 is 0 Å². The molecule has 0 aliphatic carbocycles. The van der Waals surface area contributed by atoms with E-state index in [1.165, 1.54) is 35.4 Å². The van der Waals surface area contributed by atoms with Crippen LogP contribution in [0.2, 0.25) is 0 Å². The largest absolute Gasteiger partial charge is 0.497 e. The molecule has 0 radical (unpaired) electrons. The molecule has 1 saturated heterocycles. The fourth-order valence-corrected chi connectivity index (χ4v) is 4.08. The molecule has 7 heteroatoms. The zero-order valence-corrected chi connectivity index (χ0v) is 16.9. The number of hydrogen-bond donors (Lipinski definition) is 1. The van der Waals surface area contributed by atoms with E-state index in [2.05, 4.69) is 34.6 Å². The molecule has 1 aliphatic heterocycles. The molecule has 0 bridgehead atoms. The van der Waals surface area contributed by atoms with Crippen molar-refractivity contribution < 1.29 is 14.0 Å². The van der Waals surface area contributed by atoms with E-state index in [1.807, 2.05) is 16.8 Å². The number of hydrogen-bond acceptors (Lipinski definition) is 4. The SMILES string of the molecule is COc1ccc([C@H](c2nnnn2Cc2ccc(F)cc2)[NH+]2CCC(C)CC2)cc1. The third kappa shape index (κ3) is 4.45. The first-order valence-electron chi connectivity index (χ1n) is 10.1. The summed E-state index contributed by atoms with van der Waals surface area (Å²) in [6.45, 7) is 5.00. The average molecular weight is 396 g/mol. The highest BCUT2D eigenvalue weighted by atomic mass is 19.1. The minimum atomic E-state index is -0.242. The second kappa shape index (κ2) is 8.69. The molecular weight excluding hydrogens is 369 g/mol. The van der Waals surface area contributed by atoms with Gasteiger partial charge in [-0.3, -0.25) is 0 Å². The predicted octanol–water partition coefficient (Wildman–Crippen LogP) is 2.27. The molecule has 1 aliphatic rings. The molecule has 2 aromatic carbocycles. The van der Waals surface area contributed by atoms with E-state index in [4.69, 9.17) is 4.74 Å². The topological polar surface area (TPSA) is 57.3 Å². The first-order chi connectivity index (χ1) is 14.1. The van der Waals surface area contributed by atoms with Crippen LogP contribution in [-0.4, -0.2) is 40.4 Å². The summed E-state index contributed by atoms with van der Waals surface area (Å²) in [5.74, 6) is 2.18. The number of nitrogens with one attached hydrogen (secondary N) is 1. The molecule has 6 nitrogen and oxygen atoms in total. The number of ether oxygens (including phenoxy) is 1. The van der Waals surface area contributed by atoms with Crippen LogP contribution in [0.15, 0.2) is 48.5 Å². The van der Waals surface area contributed by atoms with Gasteiger partial charge in [0, 0.05) is 5.56 Å². The van der Waals surface area contributed by atoms with E-state index in [-0.39, 0.29) is 11.9 Å². The number of aromatic nitrogens is 4. The van der Waals surface area contributed by atoms with Crippen molar-refractivity contribution in [3.8, 4) is 5.75 Å². The van der Waals surface area contributed by atoms with Gasteiger partial charge in [-0.25, -0.2) is 9.07 Å². The second-order valence-corrected chi connectivity index (χ2v) is 7.87. The maximum Gasteiger partial charge on any atom is 0.214 e. The molecule has 4 rings (SSSR count). The first kappa shape index (κ1) is 19.5. The molecule has 152 valence electrons. The Morgan fingerprint density at radius 1 is 1.10 bits per heavy atom. The molecule has 2 heterocycles. The Morgan fingerprint density at radius 3 is 2.45 bits per heavy atom. The lowest BCUT2D eigenvalue weighted by Gasteiger charge is -2.33. The van der Waals surface area contributed by atoms with Crippen molar-refractivity contribution in [3.05, 3.63) is 71.3 Å². The van der Waals surface area contributed by atoms with Crippen LogP contribution in [0.25, 0.3) is 0 Å². The Balaban J connectivity index is 1.67. The zero-order valence-electron chi connectivity index (χ0n) is 16.9. The molecule has 29 heavy (non-hydrogen) atoms. The second-order valence-electron chi connectivity index (χ2n) is 7.87. The van der Waals surface area contributed by atoms with Crippen molar-refractivity contribution in [3.63, 3.8) is 0 Å². The van der Waals surface area contributed by atoms with Crippen molar-refractivity contribution in [1.29, 1.82) is 0 Å². The molecule has 3 aromatic rings. The van der Waals surface area contributed by atoms with Gasteiger partial charge in [-0.15, -0.1) is 5.10 Å². The standard InChI is InChI=1S/C22H26FN5O/c1-16-11-13-27(14-12-16)21(18-5-9-20(29-2)10-6-18)22-24-25-26-28(22)15-17-3-7-19(23)8-4-17/h3-10,16,21H,11-15H2,1-2H3/p+1/t21-/m1/s1. The van der Waals surface area contributed by atoms with Gasteiger partial charge in [0.25, 0.3) is 0 Å². The van der Waals surface area contributed by atoms with Crippen molar-refractivity contribution in [2.75, 3.05) is 20.2 Å². The first-order valence-corrected chi connectivity index (χ1v) is 10.1. The van der Waals surface area contributed by atoms with Gasteiger partial charge in [0.2, 0.25) is 5.82 Å². The van der Waals surface area contributed by atoms with Gasteiger partial charge in [-0.2, -0.15) is 0 Å². The minimum absolute atomic E-state index is 0.0452. The van der Waals surface area contributed by atoms with Crippen LogP contribution in [-0.2, 0) is 6.54 Å². The normalized spacial score (nSPS) is 20.4. The number of methoxy groups -OCH3 is 1. The van der Waals surface area contributed by atoms with Crippen molar-refractivity contribution in [1.82, 2.24) is 20.2 Å². The zero-order chi connectivity index (χ0) is 20.2. The Kier molecular flexibility index (Phi) is 5.85. The number of rotatable bonds is 6. The van der Waals surface area contributed by atoms with Crippen molar-refractivity contribution in [2.45, 2.75) is 32.4 Å². The molecular formula is C22H27FN5O+. The Morgan fingerprint density at radius 2 is 1.79 bits per heavy atom. The molecule has 1 aromatic heterocycles. The number of likely N-dealkylation sites (tertiary alicyclic amines) is 1. The van der Waals surface area contributed by atoms with Crippen molar-refractivity contribution in [2.24, 2.45) is 5.92 Å². The quantitative estimate of drug-likeness (QED) is 0.695. The Bertz CT molecular complexity index is 917. The predicted molar refractivity (Wildman–Crippen MR) is 107 cm³/mol. The number of halogens is 1. The number of tetrazole rings is 1. The summed E-state index contributed by atoms with van der Waals surface area (Å²) in [6, 6.07) is 14.7. The van der Waals surface area contributed by atoms with Gasteiger partial charge in [-0.05, 0) is 71.1 Å². The van der Waals surface area contributed by atoms with Crippen LogP contribution in [0.5, 0.6) is 5.75 Å². The number of benzene rings is 2. The van der Waals surface area contributed by atoms with E-state index in [1.54, 1.807) is 19.2 Å². The summed E-state index contributed by atoms with van der Waals surface area (Å²) in [7, 11) is 1.67. The minimum Gasteiger partial charge on any atom is -0.497 e. The monoisotopic (exact) mass is 396 g/mol. The van der Waals surface area contributed by atoms with Crippen LogP contribution in [0, 0.1) is 11.7 Å². The summed E-state index contributed by atoms with van der Waals surface area (Å²) in [5.41, 5.74) is 2.14. The Hall–Kier alpha value is -2.80. The van der Waals surface area contributed by atoms with Gasteiger partial charge in [0.1, 0.15) is 11.6 Å². The summed E-state index contributed by atoms with van der Waals surface area (Å²) >= 11 is 0. The summed E-state index contributed by atoms with van der Waals surface area (Å²) in [4.78, 5) is 1.48. The van der Waals surface area contributed by atoms with E-state index in [0.29, 0.717) is 6.54 Å². The summed E-state index contributed by atoms with van der Waals surface area (Å²) < 4.78 is 20.4. The van der Waals surface area contributed by atoms with Crippen LogP contribution >= 0.6 is 0 Å².